The highest BCUT2D eigenvalue weighted by atomic mass is 15.3. The van der Waals surface area contributed by atoms with Gasteiger partial charge in [-0.05, 0) is 129 Å². The monoisotopic (exact) mass is 1070 g/mol. The maximum atomic E-state index is 5.62. The second-order valence-electron chi connectivity index (χ2n) is 25.0. The van der Waals surface area contributed by atoms with Crippen LogP contribution in [0.2, 0.25) is 0 Å². The second-order valence-corrected chi connectivity index (χ2v) is 25.0. The van der Waals surface area contributed by atoms with Gasteiger partial charge in [-0.1, -0.05) is 200 Å². The Hall–Kier alpha value is -8.11. The molecule has 0 amide bonds. The van der Waals surface area contributed by atoms with Crippen molar-refractivity contribution in [3.05, 3.63) is 161 Å². The van der Waals surface area contributed by atoms with Crippen molar-refractivity contribution in [3.63, 3.8) is 0 Å². The molecule has 5 N–H and O–H groups in total. The molecule has 4 aromatic carbocycles. The number of anilines is 4. The molecule has 8 bridgehead atoms. The van der Waals surface area contributed by atoms with Crippen LogP contribution in [0.4, 0.5) is 23.5 Å². The first-order chi connectivity index (χ1) is 38.9. The fourth-order valence-corrected chi connectivity index (χ4v) is 10.8. The summed E-state index contributed by atoms with van der Waals surface area (Å²) in [5.41, 5.74) is 20.3. The summed E-state index contributed by atoms with van der Waals surface area (Å²) in [6, 6.07) is 44.3. The Morgan fingerprint density at radius 2 is 0.630 bits per heavy atom. The largest absolute Gasteiger partial charge is 0.354 e. The number of unbranched alkanes of at least 4 members (excludes halogenated alkanes) is 6. The summed E-state index contributed by atoms with van der Waals surface area (Å²) in [6.45, 7) is 26.4. The molecule has 416 valence electrons. The number of hydrogen-bond acceptors (Lipinski definition) is 8. The number of H-pyrrole nitrogens is 2. The van der Waals surface area contributed by atoms with Crippen molar-refractivity contribution in [2.24, 2.45) is 0 Å². The third-order valence-corrected chi connectivity index (χ3v) is 15.6. The highest BCUT2D eigenvalue weighted by molar-refractivity contribution is 6.00. The van der Waals surface area contributed by atoms with Crippen LogP contribution in [-0.4, -0.2) is 48.0 Å². The average Bonchev–Trinajstić information content (AvgIpc) is 4.37. The predicted molar refractivity (Wildman–Crippen MR) is 345 cm³/mol. The molecule has 0 fully saturated rings. The van der Waals surface area contributed by atoms with Crippen molar-refractivity contribution < 1.29 is 0 Å². The Morgan fingerprint density at radius 1 is 0.333 bits per heavy atom. The minimum absolute atomic E-state index is 0.00345. The number of nitrogens with zero attached hydrogens (tertiary/aromatic N) is 5. The van der Waals surface area contributed by atoms with E-state index in [9.17, 15) is 0 Å². The van der Waals surface area contributed by atoms with E-state index in [1.807, 2.05) is 0 Å². The normalized spacial score (nSPS) is 12.5. The van der Waals surface area contributed by atoms with Gasteiger partial charge in [-0.25, -0.2) is 9.97 Å². The van der Waals surface area contributed by atoms with Gasteiger partial charge in [-0.2, -0.15) is 15.0 Å². The first-order valence-corrected chi connectivity index (χ1v) is 29.5. The molecule has 0 unspecified atom stereocenters. The topological polar surface area (TPSA) is 132 Å². The Balaban J connectivity index is 1.17. The zero-order chi connectivity index (χ0) is 56.9. The van der Waals surface area contributed by atoms with Crippen molar-refractivity contribution in [2.75, 3.05) is 29.0 Å². The van der Waals surface area contributed by atoms with Crippen molar-refractivity contribution in [1.82, 2.24) is 34.9 Å². The van der Waals surface area contributed by atoms with Gasteiger partial charge in [0, 0.05) is 63.1 Å². The van der Waals surface area contributed by atoms with Crippen molar-refractivity contribution >= 4 is 69.9 Å². The van der Waals surface area contributed by atoms with Crippen LogP contribution in [0, 0.1) is 0 Å². The molecule has 81 heavy (non-hydrogen) atoms. The van der Waals surface area contributed by atoms with Crippen LogP contribution in [0.25, 0.3) is 90.9 Å². The van der Waals surface area contributed by atoms with Crippen LogP contribution in [-0.2, 0) is 16.2 Å². The molecule has 10 rings (SSSR count). The van der Waals surface area contributed by atoms with E-state index in [2.05, 4.69) is 248 Å². The number of hydrogen-bond donors (Lipinski definition) is 5. The van der Waals surface area contributed by atoms with E-state index in [4.69, 9.17) is 24.9 Å². The molecule has 8 aromatic rings. The molecule has 0 aliphatic carbocycles. The molecule has 0 saturated heterocycles. The zero-order valence-corrected chi connectivity index (χ0v) is 49.7. The number of nitrogens with one attached hydrogen (secondary N) is 5. The van der Waals surface area contributed by atoms with Crippen LogP contribution in [0.3, 0.4) is 0 Å². The number of aromatic amines is 2. The minimum atomic E-state index is -0.00345. The van der Waals surface area contributed by atoms with Gasteiger partial charge >= 0.3 is 0 Å². The van der Waals surface area contributed by atoms with E-state index >= 15 is 0 Å². The molecule has 2 aliphatic heterocycles. The Kier molecular flexibility index (Phi) is 16.6. The Bertz CT molecular complexity index is 3640. The molecule has 0 saturated carbocycles. The van der Waals surface area contributed by atoms with Gasteiger partial charge in [0.25, 0.3) is 0 Å². The molecular weight excluding hydrogens is 993 g/mol. The zero-order valence-electron chi connectivity index (χ0n) is 49.7. The van der Waals surface area contributed by atoms with E-state index in [1.165, 1.54) is 55.2 Å². The fraction of sp³-hybridized carbons (Fsp3) is 0.338. The fourth-order valence-electron chi connectivity index (χ4n) is 10.8. The van der Waals surface area contributed by atoms with E-state index in [0.29, 0.717) is 17.8 Å². The summed E-state index contributed by atoms with van der Waals surface area (Å²) in [5.74, 6) is 1.61. The van der Waals surface area contributed by atoms with Gasteiger partial charge < -0.3 is 25.9 Å². The summed E-state index contributed by atoms with van der Waals surface area (Å²) in [7, 11) is 0. The summed E-state index contributed by atoms with van der Waals surface area (Å²) < 4.78 is 0. The molecule has 10 nitrogen and oxygen atoms in total. The van der Waals surface area contributed by atoms with E-state index in [0.717, 1.165) is 121 Å². The number of rotatable bonds is 18. The third-order valence-electron chi connectivity index (χ3n) is 15.6. The Labute approximate surface area is 480 Å². The van der Waals surface area contributed by atoms with Gasteiger partial charge in [-0.3, -0.25) is 0 Å². The van der Waals surface area contributed by atoms with Crippen molar-refractivity contribution in [3.8, 4) is 44.5 Å². The van der Waals surface area contributed by atoms with Gasteiger partial charge in [0.2, 0.25) is 17.8 Å². The van der Waals surface area contributed by atoms with Gasteiger partial charge in [0.1, 0.15) is 0 Å². The number of benzene rings is 4. The molecule has 2 aliphatic rings. The molecule has 0 atom stereocenters. The maximum absolute atomic E-state index is 5.62. The first-order valence-electron chi connectivity index (χ1n) is 29.5. The number of fused-ring (bicyclic) bond motifs is 8. The first kappa shape index (κ1) is 56.2. The van der Waals surface area contributed by atoms with Crippen LogP contribution in [0.15, 0.2) is 121 Å². The highest BCUT2D eigenvalue weighted by Gasteiger charge is 2.22. The molecule has 4 aromatic heterocycles. The van der Waals surface area contributed by atoms with Crippen LogP contribution < -0.4 is 16.0 Å². The molecular formula is C71H82N10. The molecule has 0 radical (unpaired) electrons. The average molecular weight is 1080 g/mol. The van der Waals surface area contributed by atoms with E-state index in [1.54, 1.807) is 0 Å². The lowest BCUT2D eigenvalue weighted by atomic mass is 9.86. The smallest absolute Gasteiger partial charge is 0.233 e. The minimum Gasteiger partial charge on any atom is -0.354 e. The summed E-state index contributed by atoms with van der Waals surface area (Å²) in [4.78, 5) is 33.6. The highest BCUT2D eigenvalue weighted by Crippen LogP contribution is 2.40. The standard InChI is InChI=1S/C71H82N10/c1-12-14-16-18-44-72-66-79-67(73-45-19-17-15-13-2)81-68(80-66)74-53-34-26-49(27-35-53)65-60-42-40-58(77-60)63(47-22-30-51(31-23-47)70(6,7)8)56-38-36-54(75-56)62(46-20-28-50(29-21-46)69(3,4)5)55-37-39-57(76-55)64(59-41-43-61(65)78-59)48-24-32-52(33-25-48)71(9,10)11/h20-43,75,78H,12-19,44-45H2,1-11H3,(H3,72,73,74,79,80,81). The molecule has 6 heterocycles. The van der Waals surface area contributed by atoms with Gasteiger partial charge in [0.15, 0.2) is 0 Å². The lowest BCUT2D eigenvalue weighted by molar-refractivity contribution is 0.590. The summed E-state index contributed by atoms with van der Waals surface area (Å²) >= 11 is 0. The van der Waals surface area contributed by atoms with Crippen LogP contribution in [0.1, 0.15) is 167 Å². The second kappa shape index (κ2) is 23.9. The SMILES string of the molecule is CCCCCCNc1nc(NCCCCCC)nc(Nc2ccc(-c3c4nc(c(-c5ccc(C(C)(C)C)cc5)c5ccc([nH]5)c(-c5ccc(C(C)(C)C)cc5)c5nc(c(-c6ccc(C(C)(C)C)cc6)c6ccc3[nH]6)C=C5)C=C4)cc2)n1. The van der Waals surface area contributed by atoms with Gasteiger partial charge in [-0.15, -0.1) is 0 Å². The van der Waals surface area contributed by atoms with E-state index in [-0.39, 0.29) is 16.2 Å². The van der Waals surface area contributed by atoms with Gasteiger partial charge in [0.05, 0.1) is 22.8 Å². The molecule has 10 heteroatoms. The summed E-state index contributed by atoms with van der Waals surface area (Å²) in [6.07, 6.45) is 17.9. The molecule has 0 spiro atoms. The maximum Gasteiger partial charge on any atom is 0.233 e. The van der Waals surface area contributed by atoms with Crippen LogP contribution in [0.5, 0.6) is 0 Å². The predicted octanol–water partition coefficient (Wildman–Crippen LogP) is 19.1. The van der Waals surface area contributed by atoms with Crippen molar-refractivity contribution in [2.45, 2.75) is 144 Å². The van der Waals surface area contributed by atoms with E-state index < -0.39 is 0 Å². The number of aromatic nitrogens is 7. The van der Waals surface area contributed by atoms with Crippen LogP contribution >= 0.6 is 0 Å². The quantitative estimate of drug-likeness (QED) is 0.0537. The lowest BCUT2D eigenvalue weighted by Gasteiger charge is -2.19. The Morgan fingerprint density at radius 3 is 0.926 bits per heavy atom. The lowest BCUT2D eigenvalue weighted by Crippen LogP contribution is -2.12. The third kappa shape index (κ3) is 13.1. The summed E-state index contributed by atoms with van der Waals surface area (Å²) in [5, 5.41) is 10.5. The van der Waals surface area contributed by atoms with Crippen molar-refractivity contribution in [1.29, 1.82) is 0 Å².